The van der Waals surface area contributed by atoms with E-state index in [1.54, 1.807) is 0 Å². The van der Waals surface area contributed by atoms with E-state index in [-0.39, 0.29) is 12.2 Å². The van der Waals surface area contributed by atoms with Crippen molar-refractivity contribution in [2.75, 3.05) is 26.4 Å². The Balaban J connectivity index is 1.89. The molecule has 0 saturated carbocycles. The topological polar surface area (TPSA) is 27.7 Å². The molecule has 1 fully saturated rings. The van der Waals surface area contributed by atoms with E-state index in [1.807, 2.05) is 6.08 Å². The van der Waals surface area contributed by atoms with Gasteiger partial charge in [0.25, 0.3) is 0 Å². The van der Waals surface area contributed by atoms with Crippen molar-refractivity contribution in [2.24, 2.45) is 0 Å². The van der Waals surface area contributed by atoms with Crippen LogP contribution in [0.2, 0.25) is 0 Å². The molecule has 2 aliphatic rings. The van der Waals surface area contributed by atoms with Crippen LogP contribution in [0.1, 0.15) is 19.3 Å². The monoisotopic (exact) mass is 198 g/mol. The molecular formula is C11H18O3. The number of rotatable bonds is 0. The Hall–Kier alpha value is -0.380. The zero-order valence-corrected chi connectivity index (χ0v) is 8.48. The molecule has 0 bridgehead atoms. The van der Waals surface area contributed by atoms with Crippen molar-refractivity contribution in [1.82, 2.24) is 0 Å². The van der Waals surface area contributed by atoms with Crippen LogP contribution in [0.4, 0.5) is 0 Å². The van der Waals surface area contributed by atoms with Gasteiger partial charge in [0.2, 0.25) is 0 Å². The fourth-order valence-corrected chi connectivity index (χ4v) is 1.88. The number of ether oxygens (including phenoxy) is 3. The maximum absolute atomic E-state index is 5.77. The maximum Gasteiger partial charge on any atom is 0.107 e. The normalized spacial score (nSPS) is 37.1. The SMILES string of the molecule is C1=C\COC[C@H]2OCCC[C@@H]2OCC/1. The van der Waals surface area contributed by atoms with Crippen LogP contribution >= 0.6 is 0 Å². The number of hydrogen-bond acceptors (Lipinski definition) is 3. The minimum absolute atomic E-state index is 0.148. The second kappa shape index (κ2) is 5.49. The molecule has 80 valence electrons. The van der Waals surface area contributed by atoms with Crippen LogP contribution in [0.15, 0.2) is 12.2 Å². The van der Waals surface area contributed by atoms with Crippen molar-refractivity contribution in [2.45, 2.75) is 31.5 Å². The average Bonchev–Trinajstić information content (AvgIpc) is 2.25. The summed E-state index contributed by atoms with van der Waals surface area (Å²) in [4.78, 5) is 0. The van der Waals surface area contributed by atoms with Crippen LogP contribution in [0.25, 0.3) is 0 Å². The van der Waals surface area contributed by atoms with Crippen molar-refractivity contribution in [3.05, 3.63) is 12.2 Å². The first-order chi connectivity index (χ1) is 6.97. The molecule has 0 unspecified atom stereocenters. The van der Waals surface area contributed by atoms with Gasteiger partial charge in [0.1, 0.15) is 6.10 Å². The highest BCUT2D eigenvalue weighted by Crippen LogP contribution is 2.18. The number of fused-ring (bicyclic) bond motifs is 1. The lowest BCUT2D eigenvalue weighted by atomic mass is 10.1. The van der Waals surface area contributed by atoms with Gasteiger partial charge >= 0.3 is 0 Å². The molecule has 0 N–H and O–H groups in total. The second-order valence-electron chi connectivity index (χ2n) is 3.76. The van der Waals surface area contributed by atoms with Gasteiger partial charge in [0, 0.05) is 6.61 Å². The molecule has 1 saturated heterocycles. The van der Waals surface area contributed by atoms with Gasteiger partial charge in [-0.15, -0.1) is 0 Å². The van der Waals surface area contributed by atoms with E-state index in [0.29, 0.717) is 13.2 Å². The van der Waals surface area contributed by atoms with E-state index in [4.69, 9.17) is 14.2 Å². The lowest BCUT2D eigenvalue weighted by molar-refractivity contribution is -0.129. The fourth-order valence-electron chi connectivity index (χ4n) is 1.88. The lowest BCUT2D eigenvalue weighted by Crippen LogP contribution is -2.40. The van der Waals surface area contributed by atoms with E-state index < -0.39 is 0 Å². The number of hydrogen-bond donors (Lipinski definition) is 0. The molecule has 3 heteroatoms. The van der Waals surface area contributed by atoms with Crippen LogP contribution < -0.4 is 0 Å². The molecule has 2 rings (SSSR count). The summed E-state index contributed by atoms with van der Waals surface area (Å²) >= 11 is 0. The summed E-state index contributed by atoms with van der Waals surface area (Å²) in [6.45, 7) is 3.02. The standard InChI is InChI=1S/C11H18O3/c1-2-6-12-9-11-10(13-7-3-1)5-4-8-14-11/h1-2,10-11H,3-9H2/b2-1-/t10-,11+/m0/s1. The van der Waals surface area contributed by atoms with E-state index in [0.717, 1.165) is 32.5 Å². The summed E-state index contributed by atoms with van der Waals surface area (Å²) in [5.74, 6) is 0. The van der Waals surface area contributed by atoms with Crippen molar-refractivity contribution in [1.29, 1.82) is 0 Å². The molecule has 3 nitrogen and oxygen atoms in total. The largest absolute Gasteiger partial charge is 0.375 e. The summed E-state index contributed by atoms with van der Waals surface area (Å²) in [6, 6.07) is 0. The summed E-state index contributed by atoms with van der Waals surface area (Å²) < 4.78 is 16.9. The summed E-state index contributed by atoms with van der Waals surface area (Å²) in [5.41, 5.74) is 0. The Morgan fingerprint density at radius 3 is 2.93 bits per heavy atom. The Morgan fingerprint density at radius 2 is 1.93 bits per heavy atom. The fraction of sp³-hybridized carbons (Fsp3) is 0.818. The molecule has 0 radical (unpaired) electrons. The molecule has 2 aliphatic heterocycles. The van der Waals surface area contributed by atoms with Crippen LogP contribution in [0.5, 0.6) is 0 Å². The van der Waals surface area contributed by atoms with Crippen molar-refractivity contribution in [3.63, 3.8) is 0 Å². The van der Waals surface area contributed by atoms with Gasteiger partial charge in [0.15, 0.2) is 0 Å². The highest BCUT2D eigenvalue weighted by molar-refractivity contribution is 4.84. The van der Waals surface area contributed by atoms with Gasteiger partial charge in [-0.2, -0.15) is 0 Å². The van der Waals surface area contributed by atoms with Gasteiger partial charge < -0.3 is 14.2 Å². The Labute approximate surface area is 85.0 Å². The van der Waals surface area contributed by atoms with Gasteiger partial charge in [-0.1, -0.05) is 12.2 Å². The zero-order chi connectivity index (χ0) is 9.64. The molecule has 14 heavy (non-hydrogen) atoms. The average molecular weight is 198 g/mol. The summed E-state index contributed by atoms with van der Waals surface area (Å²) in [5, 5.41) is 0. The van der Waals surface area contributed by atoms with Crippen molar-refractivity contribution in [3.8, 4) is 0 Å². The predicted molar refractivity (Wildman–Crippen MR) is 53.3 cm³/mol. The highest BCUT2D eigenvalue weighted by atomic mass is 16.6. The van der Waals surface area contributed by atoms with Gasteiger partial charge in [-0.05, 0) is 19.3 Å². The van der Waals surface area contributed by atoms with Crippen LogP contribution in [0.3, 0.4) is 0 Å². The molecular weight excluding hydrogens is 180 g/mol. The molecule has 2 atom stereocenters. The Kier molecular flexibility index (Phi) is 3.98. The Bertz CT molecular complexity index is 171. The molecule has 0 amide bonds. The summed E-state index contributed by atoms with van der Waals surface area (Å²) in [6.07, 6.45) is 7.75. The first-order valence-electron chi connectivity index (χ1n) is 5.43. The smallest absolute Gasteiger partial charge is 0.107 e. The highest BCUT2D eigenvalue weighted by Gasteiger charge is 2.26. The molecule has 2 heterocycles. The summed E-state index contributed by atoms with van der Waals surface area (Å²) in [7, 11) is 0. The van der Waals surface area contributed by atoms with E-state index >= 15 is 0 Å². The van der Waals surface area contributed by atoms with Gasteiger partial charge in [0.05, 0.1) is 25.9 Å². The molecule has 0 aromatic rings. The van der Waals surface area contributed by atoms with Gasteiger partial charge in [-0.3, -0.25) is 0 Å². The zero-order valence-electron chi connectivity index (χ0n) is 8.48. The van der Waals surface area contributed by atoms with Crippen LogP contribution in [0, 0.1) is 0 Å². The first kappa shape index (κ1) is 10.1. The third-order valence-electron chi connectivity index (χ3n) is 2.66. The molecule has 0 aromatic carbocycles. The van der Waals surface area contributed by atoms with Crippen LogP contribution in [-0.4, -0.2) is 38.6 Å². The van der Waals surface area contributed by atoms with E-state index in [2.05, 4.69) is 6.08 Å². The molecule has 0 aliphatic carbocycles. The van der Waals surface area contributed by atoms with Crippen LogP contribution in [-0.2, 0) is 14.2 Å². The minimum atomic E-state index is 0.148. The lowest BCUT2D eigenvalue weighted by Gasteiger charge is -2.31. The quantitative estimate of drug-likeness (QED) is 0.552. The van der Waals surface area contributed by atoms with Crippen molar-refractivity contribution >= 4 is 0 Å². The first-order valence-corrected chi connectivity index (χ1v) is 5.43. The molecule has 0 aromatic heterocycles. The predicted octanol–water partition coefficient (Wildman–Crippen LogP) is 1.53. The van der Waals surface area contributed by atoms with Crippen molar-refractivity contribution < 1.29 is 14.2 Å². The molecule has 0 spiro atoms. The third-order valence-corrected chi connectivity index (χ3v) is 2.66. The maximum atomic E-state index is 5.77. The van der Waals surface area contributed by atoms with E-state index in [1.165, 1.54) is 0 Å². The second-order valence-corrected chi connectivity index (χ2v) is 3.76. The van der Waals surface area contributed by atoms with E-state index in [9.17, 15) is 0 Å². The minimum Gasteiger partial charge on any atom is -0.375 e. The third kappa shape index (κ3) is 2.80. The van der Waals surface area contributed by atoms with Gasteiger partial charge in [-0.25, -0.2) is 0 Å². The Morgan fingerprint density at radius 1 is 1.00 bits per heavy atom.